The normalized spacial score (nSPS) is 19.6. The molecular formula is C32H24Cl3N3O3S. The molecule has 2 fully saturated rings. The van der Waals surface area contributed by atoms with Crippen LogP contribution in [0.4, 0.5) is 0 Å². The number of benzene rings is 3. The molecular weight excluding hydrogens is 613 g/mol. The third-order valence-corrected chi connectivity index (χ3v) is 10.1. The Bertz CT molecular complexity index is 1890. The number of aryl methyl sites for hydroxylation is 1. The Morgan fingerprint density at radius 3 is 2.57 bits per heavy atom. The zero-order valence-electron chi connectivity index (χ0n) is 22.7. The minimum absolute atomic E-state index is 0.0461. The maximum atomic E-state index is 10.3. The molecule has 7 rings (SSSR count). The van der Waals surface area contributed by atoms with E-state index >= 15 is 0 Å². The Balaban J connectivity index is 1.15. The van der Waals surface area contributed by atoms with Gasteiger partial charge in [0.25, 0.3) is 0 Å². The molecule has 0 saturated heterocycles. The van der Waals surface area contributed by atoms with E-state index in [4.69, 9.17) is 53.8 Å². The monoisotopic (exact) mass is 635 g/mol. The van der Waals surface area contributed by atoms with Crippen molar-refractivity contribution in [2.75, 3.05) is 7.11 Å². The molecule has 0 N–H and O–H groups in total. The Labute approximate surface area is 261 Å². The molecule has 10 heteroatoms. The van der Waals surface area contributed by atoms with Gasteiger partial charge in [0.05, 0.1) is 43.9 Å². The predicted molar refractivity (Wildman–Crippen MR) is 165 cm³/mol. The zero-order valence-corrected chi connectivity index (χ0v) is 25.8. The van der Waals surface area contributed by atoms with Gasteiger partial charge in [0.2, 0.25) is 0 Å². The van der Waals surface area contributed by atoms with E-state index in [-0.39, 0.29) is 12.5 Å². The molecule has 6 nitrogen and oxygen atoms in total. The highest BCUT2D eigenvalue weighted by atomic mass is 35.5. The molecule has 2 saturated carbocycles. The van der Waals surface area contributed by atoms with Crippen molar-refractivity contribution < 1.29 is 14.0 Å². The Morgan fingerprint density at radius 1 is 1.10 bits per heavy atom. The smallest absolute Gasteiger partial charge is 0.147 e. The first kappa shape index (κ1) is 27.5. The van der Waals surface area contributed by atoms with Gasteiger partial charge in [0, 0.05) is 22.4 Å². The number of thiazole rings is 1. The minimum atomic E-state index is -0.743. The van der Waals surface area contributed by atoms with Gasteiger partial charge >= 0.3 is 0 Å². The van der Waals surface area contributed by atoms with Gasteiger partial charge in [-0.2, -0.15) is 5.26 Å². The summed E-state index contributed by atoms with van der Waals surface area (Å²) in [5.74, 6) is 2.39. The summed E-state index contributed by atoms with van der Waals surface area (Å²) in [6.07, 6.45) is 2.73. The van der Waals surface area contributed by atoms with E-state index < -0.39 is 5.41 Å². The summed E-state index contributed by atoms with van der Waals surface area (Å²) in [7, 11) is 1.65. The SMILES string of the molecule is COc1cc(C)cc2sc(C3CC3(C#N)c3ccc(OCc4c(-c5c(Cl)cccc5Cl)noc4C4CC4)cc3Cl)nc12. The number of halogens is 3. The van der Waals surface area contributed by atoms with Crippen LogP contribution >= 0.6 is 46.1 Å². The molecule has 0 aliphatic heterocycles. The molecule has 0 radical (unpaired) electrons. The van der Waals surface area contributed by atoms with Crippen LogP contribution in [0.1, 0.15) is 58.6 Å². The molecule has 0 spiro atoms. The second-order valence-corrected chi connectivity index (χ2v) is 13.2. The van der Waals surface area contributed by atoms with E-state index in [9.17, 15) is 5.26 Å². The van der Waals surface area contributed by atoms with E-state index in [1.165, 1.54) is 0 Å². The highest BCUT2D eigenvalue weighted by molar-refractivity contribution is 7.18. The topological polar surface area (TPSA) is 81.2 Å². The molecule has 3 aromatic carbocycles. The van der Waals surface area contributed by atoms with Crippen LogP contribution in [0, 0.1) is 18.3 Å². The van der Waals surface area contributed by atoms with E-state index in [0.29, 0.717) is 44.4 Å². The van der Waals surface area contributed by atoms with Crippen molar-refractivity contribution in [1.29, 1.82) is 5.26 Å². The van der Waals surface area contributed by atoms with Gasteiger partial charge in [-0.3, -0.25) is 0 Å². The van der Waals surface area contributed by atoms with Crippen LogP contribution in [-0.4, -0.2) is 17.3 Å². The second kappa shape index (κ2) is 10.5. The van der Waals surface area contributed by atoms with Crippen LogP contribution in [0.25, 0.3) is 21.5 Å². The van der Waals surface area contributed by atoms with Crippen molar-refractivity contribution in [2.45, 2.75) is 50.0 Å². The van der Waals surface area contributed by atoms with Gasteiger partial charge in [-0.15, -0.1) is 11.3 Å². The van der Waals surface area contributed by atoms with Crippen molar-refractivity contribution in [3.63, 3.8) is 0 Å². The Morgan fingerprint density at radius 2 is 1.88 bits per heavy atom. The van der Waals surface area contributed by atoms with Crippen LogP contribution in [0.3, 0.4) is 0 Å². The number of fused-ring (bicyclic) bond motifs is 1. The number of ether oxygens (including phenoxy) is 2. The van der Waals surface area contributed by atoms with Crippen molar-refractivity contribution in [2.24, 2.45) is 0 Å². The highest BCUT2D eigenvalue weighted by Crippen LogP contribution is 2.62. The van der Waals surface area contributed by atoms with E-state index in [2.05, 4.69) is 17.3 Å². The van der Waals surface area contributed by atoms with Gasteiger partial charge in [-0.1, -0.05) is 52.1 Å². The fourth-order valence-corrected chi connectivity index (χ4v) is 7.84. The van der Waals surface area contributed by atoms with E-state index in [0.717, 1.165) is 56.3 Å². The summed E-state index contributed by atoms with van der Waals surface area (Å²) in [6, 6.07) is 17.5. The molecule has 2 aliphatic carbocycles. The summed E-state index contributed by atoms with van der Waals surface area (Å²) in [5, 5.41) is 17.0. The lowest BCUT2D eigenvalue weighted by molar-refractivity contribution is 0.300. The lowest BCUT2D eigenvalue weighted by Crippen LogP contribution is -2.08. The molecule has 5 aromatic rings. The van der Waals surface area contributed by atoms with Crippen molar-refractivity contribution in [1.82, 2.24) is 10.1 Å². The van der Waals surface area contributed by atoms with Gasteiger partial charge in [-0.05, 0) is 73.7 Å². The molecule has 42 heavy (non-hydrogen) atoms. The average Bonchev–Trinajstić information content (AvgIpc) is 3.87. The number of nitrogens with zero attached hydrogens (tertiary/aromatic N) is 3. The summed E-state index contributed by atoms with van der Waals surface area (Å²) >= 11 is 21.4. The van der Waals surface area contributed by atoms with Crippen molar-refractivity contribution in [3.8, 4) is 28.8 Å². The standard InChI is InChI=1S/C32H24Cl3N3O3S/c1-16-10-25(39-2)29-26(11-16)42-31(37-29)21-13-32(21,15-36)20-9-8-18(12-24(20)35)40-14-19-28(38-41-30(19)17-6-7-17)27-22(33)4-3-5-23(27)34/h3-5,8-12,17,21H,6-7,13-14H2,1-2H3. The van der Waals surface area contributed by atoms with Gasteiger partial charge in [0.1, 0.15) is 35.1 Å². The maximum Gasteiger partial charge on any atom is 0.147 e. The zero-order chi connectivity index (χ0) is 29.2. The number of hydrogen-bond acceptors (Lipinski definition) is 7. The predicted octanol–water partition coefficient (Wildman–Crippen LogP) is 9.63. The lowest BCUT2D eigenvalue weighted by atomic mass is 9.94. The summed E-state index contributed by atoms with van der Waals surface area (Å²) < 4.78 is 18.6. The number of hydrogen-bond donors (Lipinski definition) is 0. The Kier molecular flexibility index (Phi) is 6.86. The van der Waals surface area contributed by atoms with Crippen LogP contribution in [0.15, 0.2) is 53.1 Å². The quantitative estimate of drug-likeness (QED) is 0.169. The number of rotatable bonds is 8. The van der Waals surface area contributed by atoms with Gasteiger partial charge in [0.15, 0.2) is 0 Å². The minimum Gasteiger partial charge on any atom is -0.494 e. The fourth-order valence-electron chi connectivity index (χ4n) is 5.65. The highest BCUT2D eigenvalue weighted by Gasteiger charge is 2.59. The van der Waals surface area contributed by atoms with E-state index in [1.807, 2.05) is 25.1 Å². The first-order valence-corrected chi connectivity index (χ1v) is 15.5. The molecule has 2 heterocycles. The number of methoxy groups -OCH3 is 1. The molecule has 2 aromatic heterocycles. The lowest BCUT2D eigenvalue weighted by Gasteiger charge is -2.14. The molecule has 2 unspecified atom stereocenters. The first-order valence-electron chi connectivity index (χ1n) is 13.5. The first-order chi connectivity index (χ1) is 20.3. The molecule has 0 amide bonds. The fraction of sp³-hybridized carbons (Fsp3) is 0.281. The van der Waals surface area contributed by atoms with E-state index in [1.54, 1.807) is 42.7 Å². The molecule has 2 aliphatic rings. The van der Waals surface area contributed by atoms with Crippen molar-refractivity contribution in [3.05, 3.63) is 91.1 Å². The third kappa shape index (κ3) is 4.62. The summed E-state index contributed by atoms with van der Waals surface area (Å²) in [6.45, 7) is 2.24. The summed E-state index contributed by atoms with van der Waals surface area (Å²) in [4.78, 5) is 4.87. The largest absolute Gasteiger partial charge is 0.494 e. The average molecular weight is 637 g/mol. The van der Waals surface area contributed by atoms with Crippen molar-refractivity contribution >= 4 is 56.4 Å². The van der Waals surface area contributed by atoms with Gasteiger partial charge < -0.3 is 14.0 Å². The summed E-state index contributed by atoms with van der Waals surface area (Å²) in [5.41, 5.74) is 4.00. The number of nitriles is 1. The molecule has 2 atom stereocenters. The van der Waals surface area contributed by atoms with Gasteiger partial charge in [-0.25, -0.2) is 4.98 Å². The van der Waals surface area contributed by atoms with Crippen LogP contribution in [-0.2, 0) is 12.0 Å². The number of aromatic nitrogens is 2. The molecule has 0 bridgehead atoms. The molecule has 212 valence electrons. The maximum absolute atomic E-state index is 10.3. The van der Waals surface area contributed by atoms with Crippen LogP contribution in [0.2, 0.25) is 15.1 Å². The van der Waals surface area contributed by atoms with Crippen LogP contribution < -0.4 is 9.47 Å². The Hall–Kier alpha value is -3.28. The third-order valence-electron chi connectivity index (χ3n) is 8.07. The second-order valence-electron chi connectivity index (χ2n) is 10.9. The van der Waals surface area contributed by atoms with Crippen LogP contribution in [0.5, 0.6) is 11.5 Å².